The van der Waals surface area contributed by atoms with E-state index in [1.165, 1.54) is 0 Å². The summed E-state index contributed by atoms with van der Waals surface area (Å²) >= 11 is 0. The molecule has 1 atom stereocenters. The highest BCUT2D eigenvalue weighted by atomic mass is 16.7. The largest absolute Gasteiger partial charge is 0.450 e. The number of carbonyl (C=O) groups is 2. The molecule has 1 saturated heterocycles. The van der Waals surface area contributed by atoms with Gasteiger partial charge < -0.3 is 9.47 Å². The van der Waals surface area contributed by atoms with E-state index in [2.05, 4.69) is 0 Å². The van der Waals surface area contributed by atoms with Crippen molar-refractivity contribution in [3.63, 3.8) is 0 Å². The van der Waals surface area contributed by atoms with Gasteiger partial charge in [-0.2, -0.15) is 0 Å². The fraction of sp³-hybridized carbons (Fsp3) is 0.714. The molecule has 0 saturated carbocycles. The molecule has 0 aromatic carbocycles. The second kappa shape index (κ2) is 2.22. The summed E-state index contributed by atoms with van der Waals surface area (Å²) in [5, 5.41) is 0. The first-order valence-electron chi connectivity index (χ1n) is 3.37. The average molecular weight is 158 g/mol. The minimum absolute atomic E-state index is 0.382. The fourth-order valence-electron chi connectivity index (χ4n) is 0.714. The van der Waals surface area contributed by atoms with Gasteiger partial charge in [0.1, 0.15) is 11.7 Å². The molecule has 0 N–H and O–H groups in total. The van der Waals surface area contributed by atoms with Crippen LogP contribution in [0.25, 0.3) is 0 Å². The minimum atomic E-state index is -0.909. The number of carbonyl (C=O) groups excluding carboxylic acids is 2. The van der Waals surface area contributed by atoms with Crippen LogP contribution in [0.1, 0.15) is 20.8 Å². The second-order valence-corrected chi connectivity index (χ2v) is 3.04. The Morgan fingerprint density at radius 3 is 2.27 bits per heavy atom. The maximum absolute atomic E-state index is 10.7. The van der Waals surface area contributed by atoms with E-state index in [9.17, 15) is 9.59 Å². The predicted octanol–water partition coefficient (Wildman–Crippen LogP) is 0.253. The van der Waals surface area contributed by atoms with Gasteiger partial charge in [-0.3, -0.25) is 0 Å². The van der Waals surface area contributed by atoms with Gasteiger partial charge in [-0.1, -0.05) is 0 Å². The Bertz CT molecular complexity index is 206. The average Bonchev–Trinajstić information content (AvgIpc) is 1.83. The third-order valence-corrected chi connectivity index (χ3v) is 1.79. The zero-order valence-electron chi connectivity index (χ0n) is 6.71. The highest BCUT2D eigenvalue weighted by molar-refractivity contribution is 6.30. The Labute approximate surface area is 64.5 Å². The molecule has 0 amide bonds. The Hall–Kier alpha value is -1.06. The van der Waals surface area contributed by atoms with Crippen molar-refractivity contribution in [1.29, 1.82) is 0 Å². The van der Waals surface area contributed by atoms with E-state index in [1.54, 1.807) is 20.8 Å². The van der Waals surface area contributed by atoms with Crippen LogP contribution in [-0.4, -0.2) is 23.6 Å². The summed E-state index contributed by atoms with van der Waals surface area (Å²) in [5.41, 5.74) is -0.703. The standard InChI is InChI=1S/C7H10O4/c1-4-7(2,3)11-6(9)5(8)10-4/h4H,1-3H3/t4-/m1/s1. The molecule has 0 radical (unpaired) electrons. The van der Waals surface area contributed by atoms with E-state index < -0.39 is 17.5 Å². The Balaban J connectivity index is 2.78. The van der Waals surface area contributed by atoms with Crippen molar-refractivity contribution >= 4 is 11.9 Å². The number of hydrogen-bond donors (Lipinski definition) is 0. The van der Waals surface area contributed by atoms with E-state index in [1.807, 2.05) is 0 Å². The Morgan fingerprint density at radius 1 is 1.27 bits per heavy atom. The molecule has 0 aromatic rings. The number of esters is 2. The smallest absolute Gasteiger partial charge is 0.418 e. The van der Waals surface area contributed by atoms with Crippen LogP contribution >= 0.6 is 0 Å². The molecule has 0 spiro atoms. The van der Waals surface area contributed by atoms with Crippen LogP contribution in [0.2, 0.25) is 0 Å². The SMILES string of the molecule is C[C@H]1OC(=O)C(=O)OC1(C)C. The van der Waals surface area contributed by atoms with E-state index in [0.717, 1.165) is 0 Å². The van der Waals surface area contributed by atoms with Crippen molar-refractivity contribution in [3.8, 4) is 0 Å². The van der Waals surface area contributed by atoms with Crippen LogP contribution in [-0.2, 0) is 19.1 Å². The van der Waals surface area contributed by atoms with Gasteiger partial charge in [0.05, 0.1) is 0 Å². The molecule has 0 aromatic heterocycles. The van der Waals surface area contributed by atoms with E-state index in [0.29, 0.717) is 0 Å². The molecule has 62 valence electrons. The Morgan fingerprint density at radius 2 is 1.82 bits per heavy atom. The van der Waals surface area contributed by atoms with E-state index in [4.69, 9.17) is 9.47 Å². The van der Waals surface area contributed by atoms with Crippen molar-refractivity contribution in [2.45, 2.75) is 32.5 Å². The van der Waals surface area contributed by atoms with Crippen LogP contribution in [0.4, 0.5) is 0 Å². The summed E-state index contributed by atoms with van der Waals surface area (Å²) in [7, 11) is 0. The fourth-order valence-corrected chi connectivity index (χ4v) is 0.714. The molecule has 4 nitrogen and oxygen atoms in total. The maximum atomic E-state index is 10.7. The predicted molar refractivity (Wildman–Crippen MR) is 35.7 cm³/mol. The lowest BCUT2D eigenvalue weighted by molar-refractivity contribution is -0.206. The first-order valence-corrected chi connectivity index (χ1v) is 3.37. The van der Waals surface area contributed by atoms with Gasteiger partial charge in [-0.05, 0) is 20.8 Å². The van der Waals surface area contributed by atoms with Gasteiger partial charge in [-0.15, -0.1) is 0 Å². The lowest BCUT2D eigenvalue weighted by Crippen LogP contribution is -2.49. The maximum Gasteiger partial charge on any atom is 0.418 e. The van der Waals surface area contributed by atoms with Gasteiger partial charge in [0.2, 0.25) is 0 Å². The van der Waals surface area contributed by atoms with Gasteiger partial charge in [0.25, 0.3) is 0 Å². The topological polar surface area (TPSA) is 52.6 Å². The molecule has 1 fully saturated rings. The number of cyclic esters (lactones) is 2. The number of rotatable bonds is 0. The van der Waals surface area contributed by atoms with Crippen LogP contribution in [0.5, 0.6) is 0 Å². The second-order valence-electron chi connectivity index (χ2n) is 3.04. The summed E-state index contributed by atoms with van der Waals surface area (Å²) < 4.78 is 9.48. The molecule has 0 aliphatic carbocycles. The van der Waals surface area contributed by atoms with Crippen molar-refractivity contribution in [2.24, 2.45) is 0 Å². The summed E-state index contributed by atoms with van der Waals surface area (Å²) in [6.07, 6.45) is -0.382. The van der Waals surface area contributed by atoms with E-state index >= 15 is 0 Å². The van der Waals surface area contributed by atoms with Gasteiger partial charge in [0.15, 0.2) is 0 Å². The summed E-state index contributed by atoms with van der Waals surface area (Å²) in [6, 6.07) is 0. The molecule has 4 heteroatoms. The zero-order valence-corrected chi connectivity index (χ0v) is 6.71. The first-order chi connectivity index (χ1) is 4.93. The molecule has 0 bridgehead atoms. The molecule has 11 heavy (non-hydrogen) atoms. The molecular weight excluding hydrogens is 148 g/mol. The summed E-state index contributed by atoms with van der Waals surface area (Å²) in [6.45, 7) is 5.08. The van der Waals surface area contributed by atoms with Crippen molar-refractivity contribution in [2.75, 3.05) is 0 Å². The first kappa shape index (κ1) is 8.04. The van der Waals surface area contributed by atoms with Crippen LogP contribution < -0.4 is 0 Å². The molecule has 0 unspecified atom stereocenters. The van der Waals surface area contributed by atoms with Gasteiger partial charge in [-0.25, -0.2) is 9.59 Å². The van der Waals surface area contributed by atoms with Crippen LogP contribution in [0, 0.1) is 0 Å². The molecular formula is C7H10O4. The number of hydrogen-bond acceptors (Lipinski definition) is 4. The third kappa shape index (κ3) is 1.34. The van der Waals surface area contributed by atoms with Crippen LogP contribution in [0.3, 0.4) is 0 Å². The van der Waals surface area contributed by atoms with Crippen LogP contribution in [0.15, 0.2) is 0 Å². The lowest BCUT2D eigenvalue weighted by atomic mass is 10.0. The monoisotopic (exact) mass is 158 g/mol. The Kier molecular flexibility index (Phi) is 1.62. The van der Waals surface area contributed by atoms with Crippen molar-refractivity contribution in [3.05, 3.63) is 0 Å². The molecule has 1 heterocycles. The normalized spacial score (nSPS) is 29.2. The minimum Gasteiger partial charge on any atom is -0.450 e. The third-order valence-electron chi connectivity index (χ3n) is 1.79. The van der Waals surface area contributed by atoms with Crippen molar-refractivity contribution < 1.29 is 19.1 Å². The number of ether oxygens (including phenoxy) is 2. The van der Waals surface area contributed by atoms with E-state index in [-0.39, 0.29) is 6.10 Å². The quantitative estimate of drug-likeness (QED) is 0.374. The zero-order chi connectivity index (χ0) is 8.65. The molecule has 1 aliphatic heterocycles. The molecule has 1 aliphatic rings. The highest BCUT2D eigenvalue weighted by Gasteiger charge is 2.41. The molecule has 1 rings (SSSR count). The van der Waals surface area contributed by atoms with Gasteiger partial charge >= 0.3 is 11.9 Å². The van der Waals surface area contributed by atoms with Gasteiger partial charge in [0, 0.05) is 0 Å². The van der Waals surface area contributed by atoms with Crippen molar-refractivity contribution in [1.82, 2.24) is 0 Å². The highest BCUT2D eigenvalue weighted by Crippen LogP contribution is 2.22. The summed E-state index contributed by atoms with van der Waals surface area (Å²) in [5.74, 6) is -1.81. The summed E-state index contributed by atoms with van der Waals surface area (Å²) in [4.78, 5) is 21.3. The lowest BCUT2D eigenvalue weighted by Gasteiger charge is -2.34.